The van der Waals surface area contributed by atoms with Gasteiger partial charge in [0.1, 0.15) is 5.75 Å². The van der Waals surface area contributed by atoms with Gasteiger partial charge in [0.05, 0.1) is 19.3 Å². The molecule has 1 aromatic heterocycles. The smallest absolute Gasteiger partial charge is 0.322 e. The van der Waals surface area contributed by atoms with E-state index in [0.29, 0.717) is 12.6 Å². The Morgan fingerprint density at radius 2 is 1.91 bits per heavy atom. The summed E-state index contributed by atoms with van der Waals surface area (Å²) in [5, 5.41) is 8.21. The lowest BCUT2D eigenvalue weighted by Crippen LogP contribution is -2.36. The van der Waals surface area contributed by atoms with E-state index in [9.17, 15) is 0 Å². The molecule has 0 aliphatic carbocycles. The summed E-state index contributed by atoms with van der Waals surface area (Å²) in [6, 6.07) is 8.30. The SMILES string of the molecule is CCn1c(Oc2ccc(N3CCOCC3)cc2)nnc1[C@@H](C)N. The molecule has 0 saturated carbocycles. The molecule has 124 valence electrons. The summed E-state index contributed by atoms with van der Waals surface area (Å²) < 4.78 is 13.1. The minimum Gasteiger partial charge on any atom is -0.424 e. The molecule has 23 heavy (non-hydrogen) atoms. The third kappa shape index (κ3) is 3.46. The van der Waals surface area contributed by atoms with Crippen LogP contribution in [0.2, 0.25) is 0 Å². The Morgan fingerprint density at radius 1 is 1.22 bits per heavy atom. The van der Waals surface area contributed by atoms with E-state index in [1.54, 1.807) is 0 Å². The first-order valence-corrected chi connectivity index (χ1v) is 7.98. The second-order valence-corrected chi connectivity index (χ2v) is 5.57. The molecular formula is C16H23N5O2. The van der Waals surface area contributed by atoms with Crippen molar-refractivity contribution in [1.29, 1.82) is 0 Å². The van der Waals surface area contributed by atoms with Crippen LogP contribution in [0.5, 0.6) is 11.8 Å². The molecule has 1 aliphatic heterocycles. The van der Waals surface area contributed by atoms with Gasteiger partial charge in [0.15, 0.2) is 5.82 Å². The molecule has 1 atom stereocenters. The fraction of sp³-hybridized carbons (Fsp3) is 0.500. The Hall–Kier alpha value is -2.12. The van der Waals surface area contributed by atoms with Gasteiger partial charge in [-0.3, -0.25) is 4.57 Å². The van der Waals surface area contributed by atoms with Crippen LogP contribution < -0.4 is 15.4 Å². The fourth-order valence-corrected chi connectivity index (χ4v) is 2.66. The predicted molar refractivity (Wildman–Crippen MR) is 87.8 cm³/mol. The highest BCUT2D eigenvalue weighted by Gasteiger charge is 2.16. The van der Waals surface area contributed by atoms with Crippen LogP contribution in [-0.2, 0) is 11.3 Å². The van der Waals surface area contributed by atoms with Gasteiger partial charge in [-0.2, -0.15) is 0 Å². The van der Waals surface area contributed by atoms with Gasteiger partial charge >= 0.3 is 6.01 Å². The van der Waals surface area contributed by atoms with Crippen molar-refractivity contribution < 1.29 is 9.47 Å². The van der Waals surface area contributed by atoms with Crippen molar-refractivity contribution in [2.24, 2.45) is 5.73 Å². The number of morpholine rings is 1. The van der Waals surface area contributed by atoms with E-state index in [-0.39, 0.29) is 6.04 Å². The highest BCUT2D eigenvalue weighted by molar-refractivity contribution is 5.49. The second-order valence-electron chi connectivity index (χ2n) is 5.57. The van der Waals surface area contributed by atoms with Gasteiger partial charge < -0.3 is 20.1 Å². The molecule has 1 aromatic carbocycles. The Bertz CT molecular complexity index is 632. The largest absolute Gasteiger partial charge is 0.424 e. The van der Waals surface area contributed by atoms with Gasteiger partial charge in [-0.25, -0.2) is 0 Å². The molecule has 0 spiro atoms. The summed E-state index contributed by atoms with van der Waals surface area (Å²) in [7, 11) is 0. The van der Waals surface area contributed by atoms with Gasteiger partial charge in [0.2, 0.25) is 0 Å². The van der Waals surface area contributed by atoms with Crippen LogP contribution in [0.3, 0.4) is 0 Å². The second kappa shape index (κ2) is 6.97. The number of nitrogens with two attached hydrogens (primary N) is 1. The molecule has 2 aromatic rings. The minimum atomic E-state index is -0.177. The normalized spacial score (nSPS) is 16.4. The van der Waals surface area contributed by atoms with Crippen LogP contribution in [0.4, 0.5) is 5.69 Å². The Labute approximate surface area is 136 Å². The predicted octanol–water partition coefficient (Wildman–Crippen LogP) is 1.95. The zero-order valence-corrected chi connectivity index (χ0v) is 13.6. The van der Waals surface area contributed by atoms with Crippen LogP contribution in [0.1, 0.15) is 25.7 Å². The Balaban J connectivity index is 1.73. The van der Waals surface area contributed by atoms with Crippen LogP contribution in [0, 0.1) is 0 Å². The highest BCUT2D eigenvalue weighted by atomic mass is 16.5. The molecule has 3 rings (SSSR count). The zero-order chi connectivity index (χ0) is 16.2. The van der Waals surface area contributed by atoms with Crippen molar-refractivity contribution in [3.63, 3.8) is 0 Å². The Kier molecular flexibility index (Phi) is 4.78. The first kappa shape index (κ1) is 15.8. The van der Waals surface area contributed by atoms with Gasteiger partial charge in [-0.05, 0) is 38.1 Å². The van der Waals surface area contributed by atoms with Gasteiger partial charge in [-0.1, -0.05) is 5.10 Å². The molecule has 7 heteroatoms. The standard InChI is InChI=1S/C16H23N5O2/c1-3-21-15(12(2)17)18-19-16(21)23-14-6-4-13(5-7-14)20-8-10-22-11-9-20/h4-7,12H,3,8-11,17H2,1-2H3/t12-/m1/s1. The molecule has 0 radical (unpaired) electrons. The molecule has 1 aliphatic rings. The van der Waals surface area contributed by atoms with Crippen molar-refractivity contribution in [2.45, 2.75) is 26.4 Å². The number of aromatic nitrogens is 3. The highest BCUT2D eigenvalue weighted by Crippen LogP contribution is 2.25. The van der Waals surface area contributed by atoms with Crippen LogP contribution in [0.25, 0.3) is 0 Å². The molecule has 1 fully saturated rings. The number of rotatable bonds is 5. The number of ether oxygens (including phenoxy) is 2. The van der Waals surface area contributed by atoms with E-state index in [1.165, 1.54) is 5.69 Å². The van der Waals surface area contributed by atoms with Crippen molar-refractivity contribution in [2.75, 3.05) is 31.2 Å². The zero-order valence-electron chi connectivity index (χ0n) is 13.6. The minimum absolute atomic E-state index is 0.177. The molecular weight excluding hydrogens is 294 g/mol. The summed E-state index contributed by atoms with van der Waals surface area (Å²) in [5.41, 5.74) is 7.08. The summed E-state index contributed by atoms with van der Waals surface area (Å²) in [6.45, 7) is 8.01. The van der Waals surface area contributed by atoms with E-state index in [0.717, 1.165) is 37.9 Å². The molecule has 0 bridgehead atoms. The Morgan fingerprint density at radius 3 is 2.52 bits per heavy atom. The lowest BCUT2D eigenvalue weighted by atomic mass is 10.2. The monoisotopic (exact) mass is 317 g/mol. The molecule has 2 N–H and O–H groups in total. The van der Waals surface area contributed by atoms with Crippen LogP contribution >= 0.6 is 0 Å². The lowest BCUT2D eigenvalue weighted by Gasteiger charge is -2.28. The van der Waals surface area contributed by atoms with E-state index in [1.807, 2.05) is 30.5 Å². The molecule has 1 saturated heterocycles. The summed E-state index contributed by atoms with van der Waals surface area (Å²) in [4.78, 5) is 2.30. The summed E-state index contributed by atoms with van der Waals surface area (Å²) in [6.07, 6.45) is 0. The van der Waals surface area contributed by atoms with E-state index in [2.05, 4.69) is 27.2 Å². The van der Waals surface area contributed by atoms with Gasteiger partial charge in [0, 0.05) is 25.3 Å². The number of anilines is 1. The average Bonchev–Trinajstić information content (AvgIpc) is 2.99. The maximum Gasteiger partial charge on any atom is 0.322 e. The van der Waals surface area contributed by atoms with E-state index < -0.39 is 0 Å². The molecule has 2 heterocycles. The topological polar surface area (TPSA) is 78.4 Å². The number of benzene rings is 1. The first-order chi connectivity index (χ1) is 11.2. The maximum atomic E-state index is 5.90. The maximum absolute atomic E-state index is 5.90. The third-order valence-electron chi connectivity index (χ3n) is 3.89. The van der Waals surface area contributed by atoms with E-state index >= 15 is 0 Å². The van der Waals surface area contributed by atoms with Crippen molar-refractivity contribution >= 4 is 5.69 Å². The summed E-state index contributed by atoms with van der Waals surface area (Å²) >= 11 is 0. The van der Waals surface area contributed by atoms with Crippen molar-refractivity contribution in [3.8, 4) is 11.8 Å². The first-order valence-electron chi connectivity index (χ1n) is 7.98. The molecule has 0 amide bonds. The van der Waals surface area contributed by atoms with Crippen molar-refractivity contribution in [1.82, 2.24) is 14.8 Å². The lowest BCUT2D eigenvalue weighted by molar-refractivity contribution is 0.122. The van der Waals surface area contributed by atoms with Crippen molar-refractivity contribution in [3.05, 3.63) is 30.1 Å². The average molecular weight is 317 g/mol. The fourth-order valence-electron chi connectivity index (χ4n) is 2.66. The van der Waals surface area contributed by atoms with Crippen LogP contribution in [-0.4, -0.2) is 41.1 Å². The van der Waals surface area contributed by atoms with E-state index in [4.69, 9.17) is 15.2 Å². The number of hydrogen-bond donors (Lipinski definition) is 1. The summed E-state index contributed by atoms with van der Waals surface area (Å²) in [5.74, 6) is 1.47. The quantitative estimate of drug-likeness (QED) is 0.908. The van der Waals surface area contributed by atoms with Gasteiger partial charge in [-0.15, -0.1) is 5.10 Å². The van der Waals surface area contributed by atoms with Gasteiger partial charge in [0.25, 0.3) is 0 Å². The van der Waals surface area contributed by atoms with Crippen LogP contribution in [0.15, 0.2) is 24.3 Å². The number of nitrogens with zero attached hydrogens (tertiary/aromatic N) is 4. The molecule has 7 nitrogen and oxygen atoms in total. The molecule has 0 unspecified atom stereocenters. The number of hydrogen-bond acceptors (Lipinski definition) is 6. The third-order valence-corrected chi connectivity index (χ3v) is 3.89.